The molecule has 1 saturated carbocycles. The van der Waals surface area contributed by atoms with Crippen LogP contribution in [0.5, 0.6) is 0 Å². The lowest BCUT2D eigenvalue weighted by atomic mass is 9.73. The van der Waals surface area contributed by atoms with E-state index in [0.29, 0.717) is 0 Å². The van der Waals surface area contributed by atoms with E-state index in [-0.39, 0.29) is 18.3 Å². The Morgan fingerprint density at radius 1 is 0.500 bits per heavy atom. The van der Waals surface area contributed by atoms with E-state index in [1.54, 1.807) is 0 Å². The third-order valence-electron chi connectivity index (χ3n) is 8.85. The van der Waals surface area contributed by atoms with E-state index in [2.05, 4.69) is 0 Å². The summed E-state index contributed by atoms with van der Waals surface area (Å²) in [5, 5.41) is 0. The van der Waals surface area contributed by atoms with E-state index < -0.39 is 170 Å². The van der Waals surface area contributed by atoms with Crippen molar-refractivity contribution in [2.24, 2.45) is 11.3 Å². The largest absolute Gasteiger partial charge is 0.412 e. The Balaban J connectivity index is 0.000000353. The predicted octanol–water partition coefficient (Wildman–Crippen LogP) is 11.9. The van der Waals surface area contributed by atoms with Crippen molar-refractivity contribution in [2.75, 3.05) is 6.67 Å². The quantitative estimate of drug-likeness (QED) is 0.129. The summed E-state index contributed by atoms with van der Waals surface area (Å²) in [6.07, 6.45) is -3.45. The zero-order valence-electron chi connectivity index (χ0n) is 28.2. The molecule has 3 atom stereocenters. The smallest absolute Gasteiger partial charge is 0.200 e. The molecule has 0 aliphatic heterocycles. The van der Waals surface area contributed by atoms with Gasteiger partial charge >= 0.3 is 0 Å². The van der Waals surface area contributed by atoms with Gasteiger partial charge in [0.25, 0.3) is 0 Å². The molecule has 0 amide bonds. The molecule has 1 nitrogen and oxygen atoms in total. The molecule has 0 radical (unpaired) electrons. The average Bonchev–Trinajstić information content (AvgIpc) is 3.94. The first-order valence-corrected chi connectivity index (χ1v) is 15.6. The van der Waals surface area contributed by atoms with Crippen molar-refractivity contribution in [1.29, 1.82) is 0 Å². The van der Waals surface area contributed by atoms with Crippen LogP contribution < -0.4 is 0 Å². The molecule has 54 heavy (non-hydrogen) atoms. The molecule has 3 aromatic rings. The Morgan fingerprint density at radius 3 is 1.22 bits per heavy atom. The molecule has 5 rings (SSSR count). The molecule has 19 heteroatoms. The minimum atomic E-state index is -2.46. The summed E-state index contributed by atoms with van der Waals surface area (Å²) >= 11 is 0. The third kappa shape index (κ3) is 7.56. The molecule has 3 unspecified atom stereocenters. The number of hydrogen-bond donors (Lipinski definition) is 0. The maximum atomic E-state index is 14.6. The van der Waals surface area contributed by atoms with Crippen molar-refractivity contribution < 1.29 is 84.5 Å². The van der Waals surface area contributed by atoms with Crippen LogP contribution in [0.15, 0.2) is 23.1 Å². The van der Waals surface area contributed by atoms with E-state index in [4.69, 9.17) is 0 Å². The Morgan fingerprint density at radius 2 is 0.852 bits per heavy atom. The predicted molar refractivity (Wildman–Crippen MR) is 157 cm³/mol. The van der Waals surface area contributed by atoms with Gasteiger partial charge in [-0.2, -0.15) is 0 Å². The van der Waals surface area contributed by atoms with Gasteiger partial charge in [0.2, 0.25) is 11.6 Å². The maximum absolute atomic E-state index is 14.6. The molecular weight excluding hydrogens is 778 g/mol. The van der Waals surface area contributed by atoms with Gasteiger partial charge in [0.15, 0.2) is 75.6 Å². The second kappa shape index (κ2) is 17.5. The fourth-order valence-corrected chi connectivity index (χ4v) is 6.02. The number of allylic oxidation sites excluding steroid dienone is 4. The zero-order chi connectivity index (χ0) is 40.6. The lowest BCUT2D eigenvalue weighted by molar-refractivity contribution is 0.150. The summed E-state index contributed by atoms with van der Waals surface area (Å²) in [7, 11) is 0. The van der Waals surface area contributed by atoms with Crippen molar-refractivity contribution in [2.45, 2.75) is 65.7 Å². The van der Waals surface area contributed by atoms with Crippen molar-refractivity contribution in [3.8, 4) is 0 Å². The van der Waals surface area contributed by atoms with Crippen LogP contribution >= 0.6 is 0 Å². The van der Waals surface area contributed by atoms with Crippen LogP contribution in [0.4, 0.5) is 79.0 Å². The van der Waals surface area contributed by atoms with E-state index in [0.717, 1.165) is 0 Å². The first kappa shape index (κ1) is 46.0. The van der Waals surface area contributed by atoms with Gasteiger partial charge in [-0.3, -0.25) is 4.39 Å². The summed E-state index contributed by atoms with van der Waals surface area (Å²) in [6.45, 7) is 4.97. The molecule has 0 heterocycles. The van der Waals surface area contributed by atoms with E-state index >= 15 is 0 Å². The molecule has 0 bridgehead atoms. The highest BCUT2D eigenvalue weighted by Gasteiger charge is 2.60. The van der Waals surface area contributed by atoms with Crippen LogP contribution in [-0.4, -0.2) is 12.2 Å². The molecule has 0 spiro atoms. The molecule has 2 aliphatic rings. The minimum absolute atomic E-state index is 0. The molecule has 2 N–H and O–H groups in total. The van der Waals surface area contributed by atoms with Gasteiger partial charge in [-0.25, -0.2) is 74.6 Å². The summed E-state index contributed by atoms with van der Waals surface area (Å²) in [5.74, 6) is -37.4. The summed E-state index contributed by atoms with van der Waals surface area (Å²) in [5.41, 5.74) is -8.19. The van der Waals surface area contributed by atoms with Crippen LogP contribution in [0.3, 0.4) is 0 Å². The fourth-order valence-electron chi connectivity index (χ4n) is 6.02. The highest BCUT2D eigenvalue weighted by atomic mass is 19.2. The summed E-state index contributed by atoms with van der Waals surface area (Å²) < 4.78 is 246. The van der Waals surface area contributed by atoms with Gasteiger partial charge in [-0.1, -0.05) is 27.7 Å². The van der Waals surface area contributed by atoms with Crippen LogP contribution in [0.2, 0.25) is 0 Å². The highest BCUT2D eigenvalue weighted by molar-refractivity contribution is 5.42. The molecule has 0 saturated heterocycles. The van der Waals surface area contributed by atoms with Gasteiger partial charge in [-0.05, 0) is 31.1 Å². The lowest BCUT2D eigenvalue weighted by Gasteiger charge is -2.33. The topological polar surface area (TPSA) is 31.5 Å². The van der Waals surface area contributed by atoms with Gasteiger partial charge < -0.3 is 5.48 Å². The van der Waals surface area contributed by atoms with Crippen molar-refractivity contribution in [3.63, 3.8) is 0 Å². The van der Waals surface area contributed by atoms with Crippen molar-refractivity contribution in [3.05, 3.63) is 127 Å². The molecule has 300 valence electrons. The number of benzene rings is 3. The maximum Gasteiger partial charge on any atom is 0.200 e. The average molecular weight is 807 g/mol. The van der Waals surface area contributed by atoms with E-state index in [9.17, 15) is 79.0 Å². The standard InChI is InChI=1S/C18H13F9.C15H7F9.C2H6.H2O/c1-2-6-9(20)4-18(5-19,17(27)11(6)21)8-3-7(8)10-12(22)14(24)16(26)15(25)13(10)23;1-2-4-7(16)9(18)5(10(19)8(4)17)3-6-11(20)13(22)15(24)14(23)12(6)21;1-2;/h7-8H,2-5H2,1H3;2-3H2,1H3;1-2H3;1H2. The second-order valence-corrected chi connectivity index (χ2v) is 11.6. The van der Waals surface area contributed by atoms with Gasteiger partial charge in [0.05, 0.1) is 5.41 Å². The van der Waals surface area contributed by atoms with Crippen molar-refractivity contribution >= 4 is 0 Å². The van der Waals surface area contributed by atoms with Crippen LogP contribution in [0.1, 0.15) is 75.1 Å². The third-order valence-corrected chi connectivity index (χ3v) is 8.85. The second-order valence-electron chi connectivity index (χ2n) is 11.6. The fraction of sp³-hybridized carbons (Fsp3) is 0.371. The SMILES string of the molecule is CC.CCC1=C(F)CC(CF)(C2CC2c2c(F)c(F)c(F)c(F)c2F)C(F)=C1F.CCc1c(F)c(F)c(Cc2c(F)c(F)c(F)c(F)c2F)c(F)c1F.O. The molecule has 0 aromatic heterocycles. The van der Waals surface area contributed by atoms with Crippen molar-refractivity contribution in [1.82, 2.24) is 0 Å². The van der Waals surface area contributed by atoms with E-state index in [1.807, 2.05) is 13.8 Å². The Labute approximate surface area is 295 Å². The number of rotatable bonds is 7. The molecule has 1 fully saturated rings. The Kier molecular flexibility index (Phi) is 14.9. The van der Waals surface area contributed by atoms with Crippen LogP contribution in [-0.2, 0) is 12.8 Å². The van der Waals surface area contributed by atoms with Crippen LogP contribution in [0.25, 0.3) is 0 Å². The Bertz CT molecular complexity index is 1900. The van der Waals surface area contributed by atoms with Gasteiger partial charge in [0, 0.05) is 40.7 Å². The zero-order valence-corrected chi connectivity index (χ0v) is 28.2. The molecular formula is C35H28F18O. The van der Waals surface area contributed by atoms with Gasteiger partial charge in [-0.15, -0.1) is 0 Å². The number of alkyl halides is 1. The van der Waals surface area contributed by atoms with E-state index in [1.165, 1.54) is 13.8 Å². The minimum Gasteiger partial charge on any atom is -0.412 e. The van der Waals surface area contributed by atoms with Gasteiger partial charge in [0.1, 0.15) is 18.3 Å². The lowest BCUT2D eigenvalue weighted by Crippen LogP contribution is -2.32. The first-order chi connectivity index (χ1) is 24.7. The van der Waals surface area contributed by atoms with Crippen LogP contribution in [0, 0.1) is 92.8 Å². The molecule has 3 aromatic carbocycles. The number of halogens is 18. The molecule has 2 aliphatic carbocycles. The first-order valence-electron chi connectivity index (χ1n) is 15.6. The summed E-state index contributed by atoms with van der Waals surface area (Å²) in [4.78, 5) is 0. The highest BCUT2D eigenvalue weighted by Crippen LogP contribution is 2.65. The summed E-state index contributed by atoms with van der Waals surface area (Å²) in [6, 6.07) is 0. The normalized spacial score (nSPS) is 19.2. The number of hydrogen-bond acceptors (Lipinski definition) is 0. The monoisotopic (exact) mass is 806 g/mol. The Hall–Kier alpha value is -4.16.